The maximum absolute atomic E-state index is 6.72. The van der Waals surface area contributed by atoms with E-state index in [1.807, 2.05) is 10.1 Å². The fraction of sp³-hybridized carbons (Fsp3) is 1.00. The molecule has 0 aromatic rings. The van der Waals surface area contributed by atoms with E-state index >= 15 is 0 Å². The zero-order valence-electron chi connectivity index (χ0n) is 13.1. The molecular weight excluding hydrogens is 240 g/mol. The summed E-state index contributed by atoms with van der Waals surface area (Å²) in [6.07, 6.45) is 5.72. The first kappa shape index (κ1) is 16.9. The van der Waals surface area contributed by atoms with Crippen LogP contribution in [0.4, 0.5) is 0 Å². The van der Waals surface area contributed by atoms with E-state index in [4.69, 9.17) is 16.4 Å². The molecule has 0 aromatic carbocycles. The van der Waals surface area contributed by atoms with Gasteiger partial charge in [-0.3, -0.25) is 0 Å². The Kier molecular flexibility index (Phi) is 6.20. The summed E-state index contributed by atoms with van der Waals surface area (Å²) in [5.74, 6) is 0. The van der Waals surface area contributed by atoms with E-state index in [1.54, 1.807) is 0 Å². The highest BCUT2D eigenvalue weighted by atomic mass is 16.9. The van der Waals surface area contributed by atoms with Crippen LogP contribution in [0.15, 0.2) is 0 Å². The zero-order chi connectivity index (χ0) is 14.5. The molecule has 0 saturated carbocycles. The monoisotopic (exact) mass is 272 g/mol. The van der Waals surface area contributed by atoms with Crippen LogP contribution in [-0.2, 0) is 4.94 Å². The van der Waals surface area contributed by atoms with Crippen LogP contribution in [0.1, 0.15) is 66.2 Å². The van der Waals surface area contributed by atoms with E-state index in [9.17, 15) is 0 Å². The molecule has 2 unspecified atom stereocenters. The average molecular weight is 272 g/mol. The fourth-order valence-electron chi connectivity index (χ4n) is 3.03. The van der Waals surface area contributed by atoms with Gasteiger partial charge in [-0.15, -0.1) is 10.1 Å². The van der Waals surface area contributed by atoms with E-state index < -0.39 is 11.3 Å². The van der Waals surface area contributed by atoms with Gasteiger partial charge in [0.25, 0.3) is 0 Å². The molecule has 5 heteroatoms. The van der Waals surface area contributed by atoms with Crippen LogP contribution < -0.4 is 11.5 Å². The Morgan fingerprint density at radius 1 is 0.737 bits per heavy atom. The molecule has 1 saturated heterocycles. The van der Waals surface area contributed by atoms with Gasteiger partial charge in [0.1, 0.15) is 11.3 Å². The number of nitrogens with zero attached hydrogens (tertiary/aromatic N) is 2. The number of hydroxylamine groups is 4. The molecule has 0 bridgehead atoms. The molecule has 19 heavy (non-hydrogen) atoms. The van der Waals surface area contributed by atoms with Gasteiger partial charge >= 0.3 is 0 Å². The lowest BCUT2D eigenvalue weighted by atomic mass is 9.85. The van der Waals surface area contributed by atoms with Crippen LogP contribution >= 0.6 is 0 Å². The Morgan fingerprint density at radius 3 is 1.37 bits per heavy atom. The van der Waals surface area contributed by atoms with Crippen LogP contribution in [0.5, 0.6) is 0 Å². The third kappa shape index (κ3) is 2.95. The Bertz CT molecular complexity index is 250. The molecule has 1 heterocycles. The van der Waals surface area contributed by atoms with Crippen molar-refractivity contribution in [2.24, 2.45) is 11.5 Å². The molecule has 4 N–H and O–H groups in total. The molecule has 0 aliphatic carbocycles. The van der Waals surface area contributed by atoms with Gasteiger partial charge in [0.15, 0.2) is 0 Å². The van der Waals surface area contributed by atoms with Crippen molar-refractivity contribution in [1.82, 2.24) is 10.1 Å². The second-order valence-corrected chi connectivity index (χ2v) is 5.63. The summed E-state index contributed by atoms with van der Waals surface area (Å²) in [5, 5.41) is 3.84. The van der Waals surface area contributed by atoms with Crippen LogP contribution in [0.25, 0.3) is 0 Å². The minimum Gasteiger partial charge on any atom is -0.309 e. The highest BCUT2D eigenvalue weighted by Crippen LogP contribution is 2.40. The normalized spacial score (nSPS) is 33.2. The topological polar surface area (TPSA) is 67.8 Å². The summed E-state index contributed by atoms with van der Waals surface area (Å²) in [7, 11) is 0. The van der Waals surface area contributed by atoms with E-state index in [2.05, 4.69) is 27.7 Å². The van der Waals surface area contributed by atoms with Crippen molar-refractivity contribution in [3.63, 3.8) is 0 Å². The summed E-state index contributed by atoms with van der Waals surface area (Å²) in [4.78, 5) is 6.00. The minimum absolute atomic E-state index is 0.594. The molecule has 0 aromatic heterocycles. The highest BCUT2D eigenvalue weighted by molar-refractivity contribution is 5.05. The van der Waals surface area contributed by atoms with Crippen molar-refractivity contribution < 1.29 is 4.94 Å². The summed E-state index contributed by atoms with van der Waals surface area (Å²) >= 11 is 0. The van der Waals surface area contributed by atoms with E-state index in [0.29, 0.717) is 0 Å². The SMILES string of the molecule is CCCN1ON(CCC)C(N)(CCC)C1(N)CCC. The molecule has 0 spiro atoms. The van der Waals surface area contributed by atoms with E-state index in [-0.39, 0.29) is 0 Å². The van der Waals surface area contributed by atoms with Gasteiger partial charge in [0.2, 0.25) is 0 Å². The van der Waals surface area contributed by atoms with Gasteiger partial charge < -0.3 is 11.5 Å². The standard InChI is InChI=1S/C14H32N4O/c1-5-9-13(15)14(16,10-6-2)18(12-8-4)19-17(13)11-7-3/h5-12,15-16H2,1-4H3. The molecular formula is C14H32N4O. The molecule has 114 valence electrons. The smallest absolute Gasteiger partial charge is 0.129 e. The number of nitrogens with two attached hydrogens (primary N) is 2. The maximum Gasteiger partial charge on any atom is 0.129 e. The van der Waals surface area contributed by atoms with Crippen LogP contribution in [-0.4, -0.2) is 34.5 Å². The van der Waals surface area contributed by atoms with Gasteiger partial charge in [-0.05, 0) is 25.7 Å². The van der Waals surface area contributed by atoms with Crippen LogP contribution in [0.2, 0.25) is 0 Å². The number of rotatable bonds is 8. The summed E-state index contributed by atoms with van der Waals surface area (Å²) in [6.45, 7) is 10.2. The third-order valence-corrected chi connectivity index (χ3v) is 3.95. The van der Waals surface area contributed by atoms with Crippen LogP contribution in [0.3, 0.4) is 0 Å². The lowest BCUT2D eigenvalue weighted by molar-refractivity contribution is -0.296. The van der Waals surface area contributed by atoms with Gasteiger partial charge in [-0.2, -0.15) is 0 Å². The predicted octanol–water partition coefficient (Wildman–Crippen LogP) is 2.18. The first-order chi connectivity index (χ1) is 9.00. The minimum atomic E-state index is -0.594. The zero-order valence-corrected chi connectivity index (χ0v) is 13.1. The van der Waals surface area contributed by atoms with Crippen molar-refractivity contribution in [2.45, 2.75) is 77.5 Å². The Labute approximate surface area is 118 Å². The number of hydrogen-bond acceptors (Lipinski definition) is 5. The predicted molar refractivity (Wildman–Crippen MR) is 78.7 cm³/mol. The van der Waals surface area contributed by atoms with Gasteiger partial charge in [-0.25, -0.2) is 4.94 Å². The van der Waals surface area contributed by atoms with Crippen molar-refractivity contribution in [3.8, 4) is 0 Å². The van der Waals surface area contributed by atoms with Gasteiger partial charge in [0, 0.05) is 13.1 Å². The average Bonchev–Trinajstić information content (AvgIpc) is 2.54. The molecule has 1 fully saturated rings. The fourth-order valence-corrected chi connectivity index (χ4v) is 3.03. The maximum atomic E-state index is 6.72. The van der Waals surface area contributed by atoms with Gasteiger partial charge in [-0.1, -0.05) is 40.5 Å². The largest absolute Gasteiger partial charge is 0.309 e. The van der Waals surface area contributed by atoms with Crippen molar-refractivity contribution >= 4 is 0 Å². The molecule has 5 nitrogen and oxygen atoms in total. The van der Waals surface area contributed by atoms with Crippen molar-refractivity contribution in [1.29, 1.82) is 0 Å². The first-order valence-electron chi connectivity index (χ1n) is 7.81. The summed E-state index contributed by atoms with van der Waals surface area (Å²) in [5.41, 5.74) is 12.3. The third-order valence-electron chi connectivity index (χ3n) is 3.95. The van der Waals surface area contributed by atoms with Crippen molar-refractivity contribution in [2.75, 3.05) is 13.1 Å². The molecule has 1 rings (SSSR count). The quantitative estimate of drug-likeness (QED) is 0.709. The lowest BCUT2D eigenvalue weighted by Crippen LogP contribution is -2.72. The second kappa shape index (κ2) is 6.99. The second-order valence-electron chi connectivity index (χ2n) is 5.63. The Hall–Kier alpha value is -0.200. The Balaban J connectivity index is 3.07. The molecule has 1 aliphatic rings. The molecule has 2 atom stereocenters. The molecule has 1 aliphatic heterocycles. The lowest BCUT2D eigenvalue weighted by Gasteiger charge is -2.43. The Morgan fingerprint density at radius 2 is 1.11 bits per heavy atom. The van der Waals surface area contributed by atoms with E-state index in [0.717, 1.165) is 51.6 Å². The van der Waals surface area contributed by atoms with E-state index in [1.165, 1.54) is 0 Å². The van der Waals surface area contributed by atoms with Crippen molar-refractivity contribution in [3.05, 3.63) is 0 Å². The summed E-state index contributed by atoms with van der Waals surface area (Å²) < 4.78 is 0. The van der Waals surface area contributed by atoms with Gasteiger partial charge in [0.05, 0.1) is 0 Å². The highest BCUT2D eigenvalue weighted by Gasteiger charge is 2.59. The van der Waals surface area contributed by atoms with Crippen LogP contribution in [0, 0.1) is 0 Å². The first-order valence-corrected chi connectivity index (χ1v) is 7.81. The summed E-state index contributed by atoms with van der Waals surface area (Å²) in [6, 6.07) is 0. The molecule has 0 amide bonds. The molecule has 0 radical (unpaired) electrons. The number of hydrogen-bond donors (Lipinski definition) is 2.